The molecule has 0 bridgehead atoms. The molecular weight excluding hydrogens is 228 g/mol. The topological polar surface area (TPSA) is 58.6 Å². The molecule has 94 valence electrons. The Kier molecular flexibility index (Phi) is 4.18. The van der Waals surface area contributed by atoms with E-state index in [1.165, 1.54) is 0 Å². The van der Waals surface area contributed by atoms with Gasteiger partial charge in [0.1, 0.15) is 0 Å². The zero-order valence-electron chi connectivity index (χ0n) is 9.52. The molecule has 1 atom stereocenters. The second-order valence-corrected chi connectivity index (χ2v) is 6.30. The summed E-state index contributed by atoms with van der Waals surface area (Å²) in [6.45, 7) is 3.28. The van der Waals surface area contributed by atoms with Crippen LogP contribution in [-0.2, 0) is 14.9 Å². The minimum atomic E-state index is -3.24. The van der Waals surface area contributed by atoms with E-state index >= 15 is 0 Å². The first-order valence-corrected chi connectivity index (χ1v) is 7.45. The third kappa shape index (κ3) is 3.16. The molecule has 2 fully saturated rings. The highest BCUT2D eigenvalue weighted by atomic mass is 32.2. The molecular formula is C10H20N2O3S. The lowest BCUT2D eigenvalue weighted by atomic mass is 10.1. The van der Waals surface area contributed by atoms with Gasteiger partial charge in [0, 0.05) is 26.2 Å². The summed E-state index contributed by atoms with van der Waals surface area (Å²) in [4.78, 5) is 0. The predicted molar refractivity (Wildman–Crippen MR) is 61.3 cm³/mol. The second kappa shape index (κ2) is 5.44. The van der Waals surface area contributed by atoms with Gasteiger partial charge in [-0.1, -0.05) is 6.42 Å². The van der Waals surface area contributed by atoms with Crippen molar-refractivity contribution in [2.24, 2.45) is 5.92 Å². The second-order valence-electron chi connectivity index (χ2n) is 4.54. The molecule has 0 saturated carbocycles. The van der Waals surface area contributed by atoms with Crippen molar-refractivity contribution in [1.82, 2.24) is 9.03 Å². The van der Waals surface area contributed by atoms with Crippen LogP contribution in [0.5, 0.6) is 0 Å². The Bertz CT molecular complexity index is 306. The van der Waals surface area contributed by atoms with Crippen LogP contribution in [-0.4, -0.2) is 45.6 Å². The summed E-state index contributed by atoms with van der Waals surface area (Å²) >= 11 is 0. The summed E-state index contributed by atoms with van der Waals surface area (Å²) in [5.74, 6) is 0.347. The summed E-state index contributed by atoms with van der Waals surface area (Å²) in [6, 6.07) is 0. The first-order valence-electron chi connectivity index (χ1n) is 6.01. The lowest BCUT2D eigenvalue weighted by Gasteiger charge is -2.26. The fourth-order valence-corrected chi connectivity index (χ4v) is 3.53. The normalized spacial score (nSPS) is 28.4. The van der Waals surface area contributed by atoms with Crippen molar-refractivity contribution in [2.45, 2.75) is 25.7 Å². The van der Waals surface area contributed by atoms with Crippen LogP contribution < -0.4 is 4.72 Å². The van der Waals surface area contributed by atoms with Crippen molar-refractivity contribution in [3.63, 3.8) is 0 Å². The van der Waals surface area contributed by atoms with Gasteiger partial charge < -0.3 is 4.74 Å². The van der Waals surface area contributed by atoms with Crippen LogP contribution in [0.2, 0.25) is 0 Å². The first-order chi connectivity index (χ1) is 7.68. The summed E-state index contributed by atoms with van der Waals surface area (Å²) in [5.41, 5.74) is 0. The molecule has 2 aliphatic heterocycles. The highest BCUT2D eigenvalue weighted by Crippen LogP contribution is 2.14. The molecule has 0 spiro atoms. The zero-order chi connectivity index (χ0) is 11.4. The zero-order valence-corrected chi connectivity index (χ0v) is 10.3. The molecule has 0 unspecified atom stereocenters. The molecule has 6 heteroatoms. The highest BCUT2D eigenvalue weighted by molar-refractivity contribution is 7.87. The van der Waals surface area contributed by atoms with Crippen LogP contribution in [0.1, 0.15) is 25.7 Å². The van der Waals surface area contributed by atoms with E-state index in [1.807, 2.05) is 0 Å². The van der Waals surface area contributed by atoms with Gasteiger partial charge in [0.15, 0.2) is 0 Å². The smallest absolute Gasteiger partial charge is 0.279 e. The maximum atomic E-state index is 11.9. The average Bonchev–Trinajstić information content (AvgIpc) is 2.81. The summed E-state index contributed by atoms with van der Waals surface area (Å²) in [5, 5.41) is 0. The Labute approximate surface area is 97.3 Å². The molecule has 16 heavy (non-hydrogen) atoms. The number of nitrogens with zero attached hydrogens (tertiary/aromatic N) is 1. The molecule has 0 amide bonds. The van der Waals surface area contributed by atoms with Crippen molar-refractivity contribution in [2.75, 3.05) is 32.8 Å². The summed E-state index contributed by atoms with van der Waals surface area (Å²) in [7, 11) is -3.24. The monoisotopic (exact) mass is 248 g/mol. The number of rotatable bonds is 4. The van der Waals surface area contributed by atoms with E-state index in [2.05, 4.69) is 4.72 Å². The molecule has 2 rings (SSSR count). The molecule has 2 aliphatic rings. The SMILES string of the molecule is O=S(=O)(NC[C@@H]1CCOC1)N1CCCCC1. The van der Waals surface area contributed by atoms with Gasteiger partial charge in [-0.25, -0.2) is 4.72 Å². The van der Waals surface area contributed by atoms with E-state index in [0.29, 0.717) is 32.2 Å². The highest BCUT2D eigenvalue weighted by Gasteiger charge is 2.25. The van der Waals surface area contributed by atoms with Crippen molar-refractivity contribution in [3.8, 4) is 0 Å². The number of piperidine rings is 1. The van der Waals surface area contributed by atoms with Gasteiger partial charge in [0.25, 0.3) is 10.2 Å². The average molecular weight is 248 g/mol. The number of ether oxygens (including phenoxy) is 1. The molecule has 5 nitrogen and oxygen atoms in total. The molecule has 2 saturated heterocycles. The third-order valence-corrected chi connectivity index (χ3v) is 4.81. The van der Waals surface area contributed by atoms with Gasteiger partial charge in [-0.2, -0.15) is 12.7 Å². The minimum Gasteiger partial charge on any atom is -0.381 e. The lowest BCUT2D eigenvalue weighted by molar-refractivity contribution is 0.186. The molecule has 0 aliphatic carbocycles. The van der Waals surface area contributed by atoms with Crippen LogP contribution in [0.25, 0.3) is 0 Å². The quantitative estimate of drug-likeness (QED) is 0.780. The van der Waals surface area contributed by atoms with Gasteiger partial charge in [-0.3, -0.25) is 0 Å². The molecule has 0 aromatic heterocycles. The van der Waals surface area contributed by atoms with E-state index in [4.69, 9.17) is 4.74 Å². The molecule has 0 aromatic carbocycles. The molecule has 1 N–H and O–H groups in total. The number of hydrogen-bond acceptors (Lipinski definition) is 3. The van der Waals surface area contributed by atoms with E-state index < -0.39 is 10.2 Å². The summed E-state index contributed by atoms with van der Waals surface area (Å²) < 4.78 is 33.3. The van der Waals surface area contributed by atoms with Crippen molar-refractivity contribution >= 4 is 10.2 Å². The van der Waals surface area contributed by atoms with Gasteiger partial charge in [-0.15, -0.1) is 0 Å². The Morgan fingerprint density at radius 2 is 2.00 bits per heavy atom. The lowest BCUT2D eigenvalue weighted by Crippen LogP contribution is -2.44. The van der Waals surface area contributed by atoms with E-state index in [1.54, 1.807) is 4.31 Å². The largest absolute Gasteiger partial charge is 0.381 e. The maximum absolute atomic E-state index is 11.9. The first kappa shape index (κ1) is 12.3. The Balaban J connectivity index is 1.81. The molecule has 2 heterocycles. The van der Waals surface area contributed by atoms with Crippen molar-refractivity contribution in [1.29, 1.82) is 0 Å². The Morgan fingerprint density at radius 1 is 1.25 bits per heavy atom. The van der Waals surface area contributed by atoms with Crippen LogP contribution in [0.3, 0.4) is 0 Å². The van der Waals surface area contributed by atoms with Gasteiger partial charge >= 0.3 is 0 Å². The van der Waals surface area contributed by atoms with Crippen LogP contribution in [0.15, 0.2) is 0 Å². The van der Waals surface area contributed by atoms with Gasteiger partial charge in [0.2, 0.25) is 0 Å². The van der Waals surface area contributed by atoms with E-state index in [-0.39, 0.29) is 0 Å². The standard InChI is InChI=1S/C10H20N2O3S/c13-16(14,12-5-2-1-3-6-12)11-8-10-4-7-15-9-10/h10-11H,1-9H2/t10-/m0/s1. The fourth-order valence-electron chi connectivity index (χ4n) is 2.16. The van der Waals surface area contributed by atoms with Crippen molar-refractivity contribution < 1.29 is 13.2 Å². The third-order valence-electron chi connectivity index (χ3n) is 3.23. The Hall–Kier alpha value is -0.170. The Morgan fingerprint density at radius 3 is 2.62 bits per heavy atom. The van der Waals surface area contributed by atoms with Crippen LogP contribution in [0.4, 0.5) is 0 Å². The molecule has 0 aromatic rings. The fraction of sp³-hybridized carbons (Fsp3) is 1.00. The van der Waals surface area contributed by atoms with Crippen LogP contribution >= 0.6 is 0 Å². The van der Waals surface area contributed by atoms with Crippen LogP contribution in [0, 0.1) is 5.92 Å². The van der Waals surface area contributed by atoms with E-state index in [9.17, 15) is 8.42 Å². The summed E-state index contributed by atoms with van der Waals surface area (Å²) in [6.07, 6.45) is 4.06. The number of nitrogens with one attached hydrogen (secondary N) is 1. The maximum Gasteiger partial charge on any atom is 0.279 e. The molecule has 0 radical (unpaired) electrons. The predicted octanol–water partition coefficient (Wildman–Crippen LogP) is 0.343. The van der Waals surface area contributed by atoms with Gasteiger partial charge in [0.05, 0.1) is 6.61 Å². The number of hydrogen-bond donors (Lipinski definition) is 1. The van der Waals surface area contributed by atoms with Gasteiger partial charge in [-0.05, 0) is 25.2 Å². The van der Waals surface area contributed by atoms with E-state index in [0.717, 1.165) is 32.3 Å². The van der Waals surface area contributed by atoms with Crippen molar-refractivity contribution in [3.05, 3.63) is 0 Å². The minimum absolute atomic E-state index is 0.347.